The molecule has 19 heavy (non-hydrogen) atoms. The van der Waals surface area contributed by atoms with Gasteiger partial charge in [-0.05, 0) is 29.3 Å². The monoisotopic (exact) mass is 271 g/mol. The summed E-state index contributed by atoms with van der Waals surface area (Å²) in [6.45, 7) is 0. The van der Waals surface area contributed by atoms with Crippen molar-refractivity contribution in [3.8, 4) is 0 Å². The van der Waals surface area contributed by atoms with E-state index in [4.69, 9.17) is 0 Å². The number of fused-ring (bicyclic) bond motifs is 2. The highest BCUT2D eigenvalue weighted by atomic mass is 32.2. The van der Waals surface area contributed by atoms with Crippen molar-refractivity contribution in [1.82, 2.24) is 0 Å². The van der Waals surface area contributed by atoms with Gasteiger partial charge in [-0.2, -0.15) is 0 Å². The summed E-state index contributed by atoms with van der Waals surface area (Å²) < 4.78 is 21.8. The molecule has 0 aliphatic heterocycles. The van der Waals surface area contributed by atoms with Crippen molar-refractivity contribution in [1.29, 1.82) is 0 Å². The van der Waals surface area contributed by atoms with E-state index in [-0.39, 0.29) is 27.6 Å². The Balaban J connectivity index is 2.27. The van der Waals surface area contributed by atoms with Crippen LogP contribution in [0.25, 0.3) is 0 Å². The van der Waals surface area contributed by atoms with Gasteiger partial charge in [0.15, 0.2) is 11.6 Å². The van der Waals surface area contributed by atoms with E-state index in [0.717, 1.165) is 0 Å². The van der Waals surface area contributed by atoms with Gasteiger partial charge in [-0.15, -0.1) is 0 Å². The molecule has 0 bridgehead atoms. The fraction of sp³-hybridized carbons (Fsp3) is 0. The van der Waals surface area contributed by atoms with Crippen LogP contribution in [0.15, 0.2) is 47.4 Å². The van der Waals surface area contributed by atoms with Crippen LogP contribution in [0.4, 0.5) is 0 Å². The van der Waals surface area contributed by atoms with Crippen molar-refractivity contribution in [2.45, 2.75) is 4.90 Å². The Morgan fingerprint density at radius 3 is 1.89 bits per heavy atom. The van der Waals surface area contributed by atoms with Crippen molar-refractivity contribution in [2.75, 3.05) is 0 Å². The fourth-order valence-electron chi connectivity index (χ4n) is 2.18. The molecule has 3 rings (SSSR count). The third-order valence-corrected chi connectivity index (χ3v) is 3.73. The maximum absolute atomic E-state index is 12.3. The lowest BCUT2D eigenvalue weighted by atomic mass is 9.84. The molecule has 94 valence electrons. The van der Waals surface area contributed by atoms with E-state index in [9.17, 15) is 18.4 Å². The zero-order chi connectivity index (χ0) is 13.6. The molecule has 2 aromatic carbocycles. The maximum Gasteiger partial charge on any atom is 0.194 e. The standard InChI is InChI=1S/C14H8O4S/c15-13-9-3-1-2-4-10(9)14(16)12-7-8(19(17)18)5-6-11(12)13/h1-7H,(H,17,18)/p-1. The molecule has 4 nitrogen and oxygen atoms in total. The highest BCUT2D eigenvalue weighted by Gasteiger charge is 2.29. The molecule has 1 aliphatic carbocycles. The number of hydrogen-bond donors (Lipinski definition) is 0. The van der Waals surface area contributed by atoms with Crippen LogP contribution >= 0.6 is 0 Å². The van der Waals surface area contributed by atoms with E-state index >= 15 is 0 Å². The molecule has 0 N–H and O–H groups in total. The fourth-order valence-corrected chi connectivity index (χ4v) is 2.58. The van der Waals surface area contributed by atoms with Gasteiger partial charge in [0, 0.05) is 27.1 Å². The SMILES string of the molecule is O=C1c2ccccc2C(=O)c2cc(S(=O)[O-])ccc21. The van der Waals surface area contributed by atoms with Gasteiger partial charge in [0.25, 0.3) is 0 Å². The van der Waals surface area contributed by atoms with Crippen molar-refractivity contribution in [3.63, 3.8) is 0 Å². The second-order valence-corrected chi connectivity index (χ2v) is 5.09. The van der Waals surface area contributed by atoms with Crippen LogP contribution in [0, 0.1) is 0 Å². The van der Waals surface area contributed by atoms with E-state index in [1.807, 2.05) is 0 Å². The molecule has 1 aliphatic rings. The first-order valence-corrected chi connectivity index (χ1v) is 6.59. The van der Waals surface area contributed by atoms with Crippen molar-refractivity contribution in [3.05, 3.63) is 64.7 Å². The number of ketones is 2. The van der Waals surface area contributed by atoms with Gasteiger partial charge < -0.3 is 4.55 Å². The van der Waals surface area contributed by atoms with Crippen LogP contribution in [0.5, 0.6) is 0 Å². The molecule has 5 heteroatoms. The number of carbonyl (C=O) groups excluding carboxylic acids is 2. The molecular weight excluding hydrogens is 264 g/mol. The van der Waals surface area contributed by atoms with E-state index in [1.165, 1.54) is 18.2 Å². The highest BCUT2D eigenvalue weighted by Crippen LogP contribution is 2.28. The molecule has 0 aromatic heterocycles. The van der Waals surface area contributed by atoms with Crippen LogP contribution in [0.2, 0.25) is 0 Å². The van der Waals surface area contributed by atoms with E-state index in [2.05, 4.69) is 0 Å². The Hall–Kier alpha value is -2.11. The second kappa shape index (κ2) is 4.22. The Bertz CT molecular complexity index is 749. The van der Waals surface area contributed by atoms with Crippen molar-refractivity contribution >= 4 is 22.6 Å². The summed E-state index contributed by atoms with van der Waals surface area (Å²) in [5.41, 5.74) is 1.06. The van der Waals surface area contributed by atoms with Crippen molar-refractivity contribution in [2.24, 2.45) is 0 Å². The lowest BCUT2D eigenvalue weighted by Crippen LogP contribution is -2.21. The van der Waals surface area contributed by atoms with Gasteiger partial charge in [-0.25, -0.2) is 0 Å². The first-order chi connectivity index (χ1) is 9.09. The molecule has 0 saturated heterocycles. The molecule has 0 heterocycles. The molecule has 0 amide bonds. The van der Waals surface area contributed by atoms with Gasteiger partial charge in [0.1, 0.15) is 0 Å². The minimum Gasteiger partial charge on any atom is -0.768 e. The van der Waals surface area contributed by atoms with Crippen LogP contribution < -0.4 is 0 Å². The number of rotatable bonds is 1. The van der Waals surface area contributed by atoms with Gasteiger partial charge in [-0.3, -0.25) is 13.8 Å². The summed E-state index contributed by atoms with van der Waals surface area (Å²) in [5.74, 6) is -0.578. The topological polar surface area (TPSA) is 74.3 Å². The Morgan fingerprint density at radius 2 is 1.32 bits per heavy atom. The normalized spacial score (nSPS) is 14.8. The second-order valence-electron chi connectivity index (χ2n) is 4.15. The van der Waals surface area contributed by atoms with Gasteiger partial charge in [0.2, 0.25) is 0 Å². The van der Waals surface area contributed by atoms with E-state index < -0.39 is 11.1 Å². The number of benzene rings is 2. The lowest BCUT2D eigenvalue weighted by molar-refractivity contribution is 0.0979. The summed E-state index contributed by atoms with van der Waals surface area (Å²) in [4.78, 5) is 24.5. The smallest absolute Gasteiger partial charge is 0.194 e. The van der Waals surface area contributed by atoms with Gasteiger partial charge >= 0.3 is 0 Å². The summed E-state index contributed by atoms with van der Waals surface area (Å²) in [7, 11) is 0. The first-order valence-electron chi connectivity index (χ1n) is 5.51. The van der Waals surface area contributed by atoms with Crippen molar-refractivity contribution < 1.29 is 18.4 Å². The Morgan fingerprint density at radius 1 is 0.789 bits per heavy atom. The molecule has 0 saturated carbocycles. The van der Waals surface area contributed by atoms with Crippen LogP contribution in [0.3, 0.4) is 0 Å². The Kier molecular flexibility index (Phi) is 2.66. The summed E-state index contributed by atoms with van der Waals surface area (Å²) >= 11 is -2.42. The summed E-state index contributed by atoms with van der Waals surface area (Å²) in [6.07, 6.45) is 0. The molecule has 0 spiro atoms. The highest BCUT2D eigenvalue weighted by molar-refractivity contribution is 7.79. The van der Waals surface area contributed by atoms with Crippen LogP contribution in [-0.2, 0) is 11.1 Å². The molecule has 1 unspecified atom stereocenters. The summed E-state index contributed by atoms with van der Waals surface area (Å²) in [6, 6.07) is 10.5. The van der Waals surface area contributed by atoms with E-state index in [0.29, 0.717) is 11.1 Å². The number of carbonyl (C=O) groups is 2. The minimum atomic E-state index is -2.42. The maximum atomic E-state index is 12.3. The van der Waals surface area contributed by atoms with Crippen LogP contribution in [0.1, 0.15) is 31.8 Å². The molecule has 0 fully saturated rings. The first kappa shape index (κ1) is 12.0. The molecule has 1 atom stereocenters. The lowest BCUT2D eigenvalue weighted by Gasteiger charge is -2.18. The predicted octanol–water partition coefficient (Wildman–Crippen LogP) is 1.70. The zero-order valence-corrected chi connectivity index (χ0v) is 10.4. The minimum absolute atomic E-state index is 0.000666. The quantitative estimate of drug-likeness (QED) is 0.631. The average Bonchev–Trinajstić information content (AvgIpc) is 2.44. The molecule has 0 radical (unpaired) electrons. The van der Waals surface area contributed by atoms with Gasteiger partial charge in [-0.1, -0.05) is 24.3 Å². The molecular formula is C14H7O4S-. The van der Waals surface area contributed by atoms with Crippen LogP contribution in [-0.4, -0.2) is 20.3 Å². The number of hydrogen-bond acceptors (Lipinski definition) is 4. The third kappa shape index (κ3) is 1.75. The zero-order valence-electron chi connectivity index (χ0n) is 9.58. The largest absolute Gasteiger partial charge is 0.768 e. The van der Waals surface area contributed by atoms with E-state index in [1.54, 1.807) is 24.3 Å². The Labute approximate surface area is 111 Å². The summed E-state index contributed by atoms with van der Waals surface area (Å²) in [5, 5.41) is 0. The average molecular weight is 271 g/mol. The van der Waals surface area contributed by atoms with Gasteiger partial charge in [0.05, 0.1) is 0 Å². The third-order valence-electron chi connectivity index (χ3n) is 3.09. The predicted molar refractivity (Wildman–Crippen MR) is 66.9 cm³/mol. The molecule has 2 aromatic rings.